The molecule has 0 spiro atoms. The number of nitrogens with one attached hydrogen (secondary N) is 1. The number of hydrogen-bond acceptors (Lipinski definition) is 6. The maximum absolute atomic E-state index is 12.5. The van der Waals surface area contributed by atoms with E-state index in [0.717, 1.165) is 37.3 Å². The highest BCUT2D eigenvalue weighted by molar-refractivity contribution is 7.17. The lowest BCUT2D eigenvalue weighted by molar-refractivity contribution is 0.100. The van der Waals surface area contributed by atoms with Gasteiger partial charge in [0.05, 0.1) is 11.8 Å². The van der Waals surface area contributed by atoms with Gasteiger partial charge in [0.25, 0.3) is 11.8 Å². The van der Waals surface area contributed by atoms with Crippen molar-refractivity contribution in [1.82, 2.24) is 9.97 Å². The second kappa shape index (κ2) is 6.74. The van der Waals surface area contributed by atoms with Crippen LogP contribution in [0.15, 0.2) is 24.5 Å². The Hall–Kier alpha value is -2.48. The van der Waals surface area contributed by atoms with E-state index in [1.54, 1.807) is 18.3 Å². The maximum Gasteiger partial charge on any atom is 0.261 e. The van der Waals surface area contributed by atoms with E-state index < -0.39 is 5.91 Å². The van der Waals surface area contributed by atoms with Crippen molar-refractivity contribution in [3.05, 3.63) is 35.0 Å². The molecule has 1 saturated heterocycles. The van der Waals surface area contributed by atoms with Crippen molar-refractivity contribution in [2.24, 2.45) is 5.73 Å². The number of pyridine rings is 1. The molecule has 1 aliphatic heterocycles. The molecule has 3 N–H and O–H groups in total. The fourth-order valence-electron chi connectivity index (χ4n) is 2.54. The quantitative estimate of drug-likeness (QED) is 0.891. The zero-order valence-corrected chi connectivity index (χ0v) is 13.3. The second-order valence-electron chi connectivity index (χ2n) is 5.27. The number of rotatable bonds is 4. The van der Waals surface area contributed by atoms with Gasteiger partial charge in [-0.05, 0) is 31.4 Å². The van der Waals surface area contributed by atoms with Crippen LogP contribution in [0.1, 0.15) is 39.3 Å². The van der Waals surface area contributed by atoms with Gasteiger partial charge in [0.2, 0.25) is 0 Å². The van der Waals surface area contributed by atoms with Gasteiger partial charge in [-0.2, -0.15) is 0 Å². The Kier molecular flexibility index (Phi) is 4.52. The Bertz CT molecular complexity index is 724. The van der Waals surface area contributed by atoms with Gasteiger partial charge in [0.15, 0.2) is 5.13 Å². The minimum absolute atomic E-state index is 0.288. The number of primary amides is 1. The van der Waals surface area contributed by atoms with Crippen molar-refractivity contribution in [1.29, 1.82) is 0 Å². The molecule has 2 aromatic heterocycles. The van der Waals surface area contributed by atoms with Crippen molar-refractivity contribution in [3.63, 3.8) is 0 Å². The zero-order chi connectivity index (χ0) is 16.2. The first-order chi connectivity index (χ1) is 11.1. The number of carbonyl (C=O) groups is 2. The third-order valence-corrected chi connectivity index (χ3v) is 4.58. The number of hydrogen-bond donors (Lipinski definition) is 2. The summed E-state index contributed by atoms with van der Waals surface area (Å²) in [7, 11) is 0. The van der Waals surface area contributed by atoms with Crippen molar-refractivity contribution in [2.45, 2.75) is 19.3 Å². The SMILES string of the molecule is NC(=O)c1cnc(NC(=O)c2cccnc2N2CCCCC2)s1. The average molecular weight is 331 g/mol. The summed E-state index contributed by atoms with van der Waals surface area (Å²) in [6.45, 7) is 1.81. The fraction of sp³-hybridized carbons (Fsp3) is 0.333. The zero-order valence-electron chi connectivity index (χ0n) is 12.5. The van der Waals surface area contributed by atoms with Gasteiger partial charge in [0.1, 0.15) is 10.7 Å². The number of anilines is 2. The van der Waals surface area contributed by atoms with E-state index in [-0.39, 0.29) is 5.91 Å². The van der Waals surface area contributed by atoms with Gasteiger partial charge in [-0.3, -0.25) is 14.9 Å². The van der Waals surface area contributed by atoms with Gasteiger partial charge in [-0.15, -0.1) is 0 Å². The third kappa shape index (κ3) is 3.48. The van der Waals surface area contributed by atoms with Crippen molar-refractivity contribution < 1.29 is 9.59 Å². The highest BCUT2D eigenvalue weighted by Crippen LogP contribution is 2.24. The van der Waals surface area contributed by atoms with Gasteiger partial charge in [-0.25, -0.2) is 9.97 Å². The summed E-state index contributed by atoms with van der Waals surface area (Å²) < 4.78 is 0. The van der Waals surface area contributed by atoms with Crippen LogP contribution in [0.3, 0.4) is 0 Å². The molecule has 2 amide bonds. The maximum atomic E-state index is 12.5. The Morgan fingerprint density at radius 3 is 2.70 bits per heavy atom. The highest BCUT2D eigenvalue weighted by Gasteiger charge is 2.20. The third-order valence-electron chi connectivity index (χ3n) is 3.66. The van der Waals surface area contributed by atoms with Gasteiger partial charge < -0.3 is 10.6 Å². The van der Waals surface area contributed by atoms with E-state index in [2.05, 4.69) is 20.2 Å². The van der Waals surface area contributed by atoms with Crippen LogP contribution in [0, 0.1) is 0 Å². The molecule has 7 nitrogen and oxygen atoms in total. The van der Waals surface area contributed by atoms with Crippen LogP contribution >= 0.6 is 11.3 Å². The lowest BCUT2D eigenvalue weighted by Crippen LogP contribution is -2.32. The van der Waals surface area contributed by atoms with Gasteiger partial charge in [0, 0.05) is 19.3 Å². The number of nitrogens with zero attached hydrogens (tertiary/aromatic N) is 3. The summed E-state index contributed by atoms with van der Waals surface area (Å²) in [4.78, 5) is 34.4. The largest absolute Gasteiger partial charge is 0.365 e. The summed E-state index contributed by atoms with van der Waals surface area (Å²) in [5, 5.41) is 3.05. The molecule has 8 heteroatoms. The van der Waals surface area contributed by atoms with Crippen LogP contribution in [0.5, 0.6) is 0 Å². The summed E-state index contributed by atoms with van der Waals surface area (Å²) in [5.74, 6) is -0.154. The Morgan fingerprint density at radius 1 is 1.22 bits per heavy atom. The molecule has 0 aromatic carbocycles. The molecule has 0 aliphatic carbocycles. The summed E-state index contributed by atoms with van der Waals surface area (Å²) in [5.41, 5.74) is 5.70. The lowest BCUT2D eigenvalue weighted by atomic mass is 10.1. The first-order valence-electron chi connectivity index (χ1n) is 7.42. The van der Waals surface area contributed by atoms with Crippen molar-refractivity contribution >= 4 is 34.1 Å². The Labute approximate surface area is 137 Å². The molecule has 0 unspecified atom stereocenters. The van der Waals surface area contributed by atoms with Crippen molar-refractivity contribution in [3.8, 4) is 0 Å². The standard InChI is InChI=1S/C15H17N5O2S/c16-12(21)11-9-18-15(23-11)19-14(22)10-5-4-6-17-13(10)20-7-2-1-3-8-20/h4-6,9H,1-3,7-8H2,(H2,16,21)(H,18,19,22). The monoisotopic (exact) mass is 331 g/mol. The summed E-state index contributed by atoms with van der Waals surface area (Å²) >= 11 is 1.05. The summed E-state index contributed by atoms with van der Waals surface area (Å²) in [6.07, 6.45) is 6.46. The molecule has 0 atom stereocenters. The smallest absolute Gasteiger partial charge is 0.261 e. The van der Waals surface area contributed by atoms with E-state index in [1.165, 1.54) is 12.6 Å². The number of carbonyl (C=O) groups excluding carboxylic acids is 2. The number of piperidine rings is 1. The molecule has 2 aromatic rings. The molecule has 3 heterocycles. The summed E-state index contributed by atoms with van der Waals surface area (Å²) in [6, 6.07) is 3.48. The molecular weight excluding hydrogens is 314 g/mol. The van der Waals surface area contributed by atoms with E-state index >= 15 is 0 Å². The predicted molar refractivity (Wildman–Crippen MR) is 88.9 cm³/mol. The van der Waals surface area contributed by atoms with Crippen LogP contribution in [0.2, 0.25) is 0 Å². The minimum Gasteiger partial charge on any atom is -0.365 e. The molecule has 0 bridgehead atoms. The normalized spacial score (nSPS) is 14.5. The molecule has 0 radical (unpaired) electrons. The number of nitrogens with two attached hydrogens (primary N) is 1. The number of amides is 2. The highest BCUT2D eigenvalue weighted by atomic mass is 32.1. The first kappa shape index (κ1) is 15.4. The van der Waals surface area contributed by atoms with Crippen molar-refractivity contribution in [2.75, 3.05) is 23.3 Å². The second-order valence-corrected chi connectivity index (χ2v) is 6.30. The fourth-order valence-corrected chi connectivity index (χ4v) is 3.21. The van der Waals surface area contributed by atoms with Crippen LogP contribution in [-0.4, -0.2) is 34.9 Å². The van der Waals surface area contributed by atoms with E-state index in [9.17, 15) is 9.59 Å². The van der Waals surface area contributed by atoms with Gasteiger partial charge >= 0.3 is 0 Å². The lowest BCUT2D eigenvalue weighted by Gasteiger charge is -2.28. The molecule has 0 saturated carbocycles. The Morgan fingerprint density at radius 2 is 2.00 bits per heavy atom. The van der Waals surface area contributed by atoms with Gasteiger partial charge in [-0.1, -0.05) is 11.3 Å². The molecule has 3 rings (SSSR count). The van der Waals surface area contributed by atoms with E-state index in [0.29, 0.717) is 21.4 Å². The van der Waals surface area contributed by atoms with Crippen LogP contribution < -0.4 is 16.0 Å². The van der Waals surface area contributed by atoms with Crippen LogP contribution in [0.25, 0.3) is 0 Å². The van der Waals surface area contributed by atoms with Crippen LogP contribution in [-0.2, 0) is 0 Å². The topological polar surface area (TPSA) is 101 Å². The van der Waals surface area contributed by atoms with Crippen LogP contribution in [0.4, 0.5) is 10.9 Å². The molecular formula is C15H17N5O2S. The Balaban J connectivity index is 1.80. The average Bonchev–Trinajstić information content (AvgIpc) is 3.04. The number of thiazole rings is 1. The molecule has 1 aliphatic rings. The predicted octanol–water partition coefficient (Wildman–Crippen LogP) is 1.88. The van der Waals surface area contributed by atoms with E-state index in [1.807, 2.05) is 0 Å². The molecule has 1 fully saturated rings. The van der Waals surface area contributed by atoms with E-state index in [4.69, 9.17) is 5.73 Å². The number of aromatic nitrogens is 2. The first-order valence-corrected chi connectivity index (χ1v) is 8.24. The molecule has 120 valence electrons. The minimum atomic E-state index is -0.557. The molecule has 23 heavy (non-hydrogen) atoms.